The van der Waals surface area contributed by atoms with Crippen LogP contribution >= 0.6 is 0 Å². The summed E-state index contributed by atoms with van der Waals surface area (Å²) in [5.41, 5.74) is 2.60. The molecule has 138 valence electrons. The van der Waals surface area contributed by atoms with E-state index < -0.39 is 5.97 Å². The monoisotopic (exact) mass is 352 g/mol. The Bertz CT molecular complexity index is 807. The molecule has 1 N–H and O–H groups in total. The Labute approximate surface area is 155 Å². The van der Waals surface area contributed by atoms with Crippen LogP contribution in [0.4, 0.5) is 5.69 Å². The molecule has 0 aromatic heterocycles. The molecule has 0 spiro atoms. The second-order valence-corrected chi connectivity index (χ2v) is 8.59. The molecule has 26 heavy (non-hydrogen) atoms. The fraction of sp³-hybridized carbons (Fsp3) is 0.364. The van der Waals surface area contributed by atoms with Crippen molar-refractivity contribution >= 4 is 17.6 Å². The van der Waals surface area contributed by atoms with Gasteiger partial charge in [-0.2, -0.15) is 0 Å². The molecule has 0 atom stereocenters. The van der Waals surface area contributed by atoms with Crippen molar-refractivity contribution in [3.63, 3.8) is 0 Å². The smallest absolute Gasteiger partial charge is 0.255 e. The van der Waals surface area contributed by atoms with Crippen molar-refractivity contribution in [2.75, 3.05) is 5.32 Å². The van der Waals surface area contributed by atoms with Crippen LogP contribution in [0.1, 0.15) is 73.4 Å². The van der Waals surface area contributed by atoms with Crippen molar-refractivity contribution < 1.29 is 14.7 Å². The maximum atomic E-state index is 12.8. The molecule has 0 heterocycles. The largest absolute Gasteiger partial charge is 0.545 e. The first-order chi connectivity index (χ1) is 11.9. The molecule has 0 saturated carbocycles. The minimum Gasteiger partial charge on any atom is -0.545 e. The van der Waals surface area contributed by atoms with Crippen molar-refractivity contribution in [2.24, 2.45) is 0 Å². The zero-order chi connectivity index (χ0) is 19.7. The summed E-state index contributed by atoms with van der Waals surface area (Å²) in [6, 6.07) is 12.1. The van der Waals surface area contributed by atoms with Crippen LogP contribution in [0.15, 0.2) is 42.5 Å². The molecule has 2 aromatic carbocycles. The van der Waals surface area contributed by atoms with Crippen LogP contribution in [0.2, 0.25) is 0 Å². The highest BCUT2D eigenvalue weighted by Gasteiger charge is 2.22. The standard InChI is InChI=1S/C22H27NO3/c1-21(2,3)15-11-14(12-16(13-15)22(4,5)6)19(24)23-18-10-8-7-9-17(18)20(25)26/h7-13H,1-6H3,(H,23,24)(H,25,26)/p-1. The number of carboxylic acids is 1. The summed E-state index contributed by atoms with van der Waals surface area (Å²) >= 11 is 0. The Balaban J connectivity index is 2.48. The van der Waals surface area contributed by atoms with Gasteiger partial charge in [0.25, 0.3) is 5.91 Å². The average molecular weight is 352 g/mol. The van der Waals surface area contributed by atoms with Gasteiger partial charge < -0.3 is 15.2 Å². The molecule has 4 nitrogen and oxygen atoms in total. The van der Waals surface area contributed by atoms with Crippen LogP contribution in [0.3, 0.4) is 0 Å². The average Bonchev–Trinajstić information content (AvgIpc) is 2.53. The first-order valence-electron chi connectivity index (χ1n) is 8.67. The van der Waals surface area contributed by atoms with Gasteiger partial charge in [-0.3, -0.25) is 4.79 Å². The third-order valence-corrected chi connectivity index (χ3v) is 4.32. The van der Waals surface area contributed by atoms with Crippen LogP contribution in [-0.2, 0) is 10.8 Å². The van der Waals surface area contributed by atoms with Crippen molar-refractivity contribution in [3.05, 3.63) is 64.7 Å². The van der Waals surface area contributed by atoms with Gasteiger partial charge in [0, 0.05) is 11.1 Å². The maximum absolute atomic E-state index is 12.8. The number of para-hydroxylation sites is 1. The van der Waals surface area contributed by atoms with Gasteiger partial charge in [0.2, 0.25) is 0 Å². The summed E-state index contributed by atoms with van der Waals surface area (Å²) in [5.74, 6) is -1.66. The second-order valence-electron chi connectivity index (χ2n) is 8.59. The van der Waals surface area contributed by atoms with E-state index in [1.54, 1.807) is 18.2 Å². The molecular formula is C22H26NO3-. The number of nitrogens with one attached hydrogen (secondary N) is 1. The van der Waals surface area contributed by atoms with Gasteiger partial charge in [-0.05, 0) is 40.2 Å². The number of rotatable bonds is 3. The first kappa shape index (κ1) is 19.7. The Kier molecular flexibility index (Phi) is 5.26. The van der Waals surface area contributed by atoms with E-state index in [2.05, 4.69) is 52.9 Å². The van der Waals surface area contributed by atoms with E-state index in [4.69, 9.17) is 0 Å². The summed E-state index contributed by atoms with van der Waals surface area (Å²) < 4.78 is 0. The van der Waals surface area contributed by atoms with Crippen LogP contribution in [0, 0.1) is 0 Å². The van der Waals surface area contributed by atoms with Gasteiger partial charge in [0.05, 0.1) is 11.7 Å². The van der Waals surface area contributed by atoms with E-state index in [0.29, 0.717) is 5.56 Å². The summed E-state index contributed by atoms with van der Waals surface area (Å²) in [5, 5.41) is 14.0. The molecular weight excluding hydrogens is 326 g/mol. The summed E-state index contributed by atoms with van der Waals surface area (Å²) in [7, 11) is 0. The number of amides is 1. The number of aromatic carboxylic acids is 1. The highest BCUT2D eigenvalue weighted by Crippen LogP contribution is 2.30. The number of anilines is 1. The van der Waals surface area contributed by atoms with Gasteiger partial charge in [0.15, 0.2) is 0 Å². The van der Waals surface area contributed by atoms with Gasteiger partial charge in [-0.25, -0.2) is 0 Å². The van der Waals surface area contributed by atoms with E-state index >= 15 is 0 Å². The van der Waals surface area contributed by atoms with E-state index in [9.17, 15) is 14.7 Å². The van der Waals surface area contributed by atoms with Crippen LogP contribution in [0.25, 0.3) is 0 Å². The first-order valence-corrected chi connectivity index (χ1v) is 8.67. The third kappa shape index (κ3) is 4.51. The lowest BCUT2D eigenvalue weighted by molar-refractivity contribution is -0.254. The van der Waals surface area contributed by atoms with Crippen molar-refractivity contribution in [1.29, 1.82) is 0 Å². The molecule has 0 aliphatic carbocycles. The van der Waals surface area contributed by atoms with Gasteiger partial charge >= 0.3 is 0 Å². The van der Waals surface area contributed by atoms with Crippen molar-refractivity contribution in [3.8, 4) is 0 Å². The second kappa shape index (κ2) is 6.94. The lowest BCUT2D eigenvalue weighted by atomic mass is 9.79. The molecule has 0 bridgehead atoms. The number of hydrogen-bond donors (Lipinski definition) is 1. The molecule has 0 radical (unpaired) electrons. The normalized spacial score (nSPS) is 11.9. The predicted octanol–water partition coefficient (Wildman–Crippen LogP) is 3.90. The third-order valence-electron chi connectivity index (χ3n) is 4.32. The Morgan fingerprint density at radius 3 is 1.81 bits per heavy atom. The van der Waals surface area contributed by atoms with Gasteiger partial charge in [-0.1, -0.05) is 65.8 Å². The quantitative estimate of drug-likeness (QED) is 0.911. The number of carboxylic acid groups (broad SMARTS) is 1. The fourth-order valence-corrected chi connectivity index (χ4v) is 2.59. The maximum Gasteiger partial charge on any atom is 0.255 e. The van der Waals surface area contributed by atoms with Crippen LogP contribution in [0.5, 0.6) is 0 Å². The van der Waals surface area contributed by atoms with E-state index in [1.807, 2.05) is 12.1 Å². The van der Waals surface area contributed by atoms with Crippen LogP contribution in [-0.4, -0.2) is 11.9 Å². The van der Waals surface area contributed by atoms with Gasteiger partial charge in [-0.15, -0.1) is 0 Å². The molecule has 0 saturated heterocycles. The lowest BCUT2D eigenvalue weighted by Crippen LogP contribution is -2.25. The molecule has 0 unspecified atom stereocenters. The lowest BCUT2D eigenvalue weighted by Gasteiger charge is -2.26. The summed E-state index contributed by atoms with van der Waals surface area (Å²) in [4.78, 5) is 24.1. The Morgan fingerprint density at radius 2 is 1.35 bits per heavy atom. The van der Waals surface area contributed by atoms with Crippen molar-refractivity contribution in [1.82, 2.24) is 0 Å². The molecule has 0 aliphatic rings. The minimum absolute atomic E-state index is 0.0381. The zero-order valence-corrected chi connectivity index (χ0v) is 16.3. The molecule has 1 amide bonds. The minimum atomic E-state index is -1.32. The molecule has 0 fully saturated rings. The molecule has 2 rings (SSSR count). The van der Waals surface area contributed by atoms with Crippen molar-refractivity contribution in [2.45, 2.75) is 52.4 Å². The van der Waals surface area contributed by atoms with E-state index in [0.717, 1.165) is 11.1 Å². The predicted molar refractivity (Wildman–Crippen MR) is 103 cm³/mol. The Morgan fingerprint density at radius 1 is 0.846 bits per heavy atom. The SMILES string of the molecule is CC(C)(C)c1cc(C(=O)Nc2ccccc2C(=O)[O-])cc(C(C)(C)C)c1. The summed E-state index contributed by atoms with van der Waals surface area (Å²) in [6.45, 7) is 12.6. The molecule has 4 heteroatoms. The van der Waals surface area contributed by atoms with Gasteiger partial charge in [0.1, 0.15) is 0 Å². The highest BCUT2D eigenvalue weighted by molar-refractivity contribution is 6.07. The number of benzene rings is 2. The number of hydrogen-bond acceptors (Lipinski definition) is 3. The Hall–Kier alpha value is -2.62. The van der Waals surface area contributed by atoms with E-state index in [-0.39, 0.29) is 28.0 Å². The molecule has 0 aliphatic heterocycles. The van der Waals surface area contributed by atoms with Crippen LogP contribution < -0.4 is 10.4 Å². The van der Waals surface area contributed by atoms with E-state index in [1.165, 1.54) is 6.07 Å². The number of carbonyl (C=O) groups excluding carboxylic acids is 2. The topological polar surface area (TPSA) is 69.2 Å². The number of carbonyl (C=O) groups is 2. The fourth-order valence-electron chi connectivity index (χ4n) is 2.59. The zero-order valence-electron chi connectivity index (χ0n) is 16.3. The highest BCUT2D eigenvalue weighted by atomic mass is 16.4. The summed E-state index contributed by atoms with van der Waals surface area (Å²) in [6.07, 6.45) is 0. The molecule has 2 aromatic rings.